The highest BCUT2D eigenvalue weighted by Crippen LogP contribution is 2.47. The standard InChI is InChI=1S/C59H54BNOSi/c1-37-19-25-43(26-20-37)63(44-27-21-38(2)22-28-44)55-34-42(59(7,8)9)23-29-45(55)47-35-51-49(36-56(47)63)60-48-17-13-14-18-53(48)62-54-32-39(3)31-52(57(54)60)61(51)50-30-24-41(58(4,5)6)33-46(50)40-15-11-10-12-16-40/h10-36H,1-9H3. The first-order chi connectivity index (χ1) is 30.2. The average molecular weight is 832 g/mol. The lowest BCUT2D eigenvalue weighted by atomic mass is 9.34. The predicted molar refractivity (Wildman–Crippen MR) is 272 cm³/mol. The van der Waals surface area contributed by atoms with Crippen LogP contribution in [0.5, 0.6) is 11.5 Å². The third kappa shape index (κ3) is 6.05. The Bertz CT molecular complexity index is 3090. The van der Waals surface area contributed by atoms with Crippen LogP contribution in [0.3, 0.4) is 0 Å². The number of rotatable bonds is 4. The van der Waals surface area contributed by atoms with E-state index in [1.165, 1.54) is 104 Å². The van der Waals surface area contributed by atoms with Crippen molar-refractivity contribution in [3.05, 3.63) is 192 Å². The summed E-state index contributed by atoms with van der Waals surface area (Å²) in [5, 5.41) is 5.78. The Balaban J connectivity index is 1.30. The summed E-state index contributed by atoms with van der Waals surface area (Å²) in [5.41, 5.74) is 18.8. The van der Waals surface area contributed by atoms with Crippen LogP contribution in [0.15, 0.2) is 164 Å². The van der Waals surface area contributed by atoms with E-state index in [-0.39, 0.29) is 17.5 Å². The minimum atomic E-state index is -2.91. The summed E-state index contributed by atoms with van der Waals surface area (Å²) >= 11 is 0. The maximum Gasteiger partial charge on any atom is 0.256 e. The van der Waals surface area contributed by atoms with Crippen LogP contribution in [0.1, 0.15) is 69.4 Å². The summed E-state index contributed by atoms with van der Waals surface area (Å²) in [6.07, 6.45) is 0. The summed E-state index contributed by atoms with van der Waals surface area (Å²) in [6, 6.07) is 63.3. The summed E-state index contributed by atoms with van der Waals surface area (Å²) in [7, 11) is -2.91. The molecule has 63 heavy (non-hydrogen) atoms. The van der Waals surface area contributed by atoms with Gasteiger partial charge in [0.1, 0.15) is 11.5 Å². The molecule has 8 aromatic carbocycles. The lowest BCUT2D eigenvalue weighted by molar-refractivity contribution is 0.487. The highest BCUT2D eigenvalue weighted by molar-refractivity contribution is 7.22. The molecule has 0 bridgehead atoms. The highest BCUT2D eigenvalue weighted by atomic mass is 28.3. The second-order valence-electron chi connectivity index (χ2n) is 20.4. The number of aryl methyl sites for hydroxylation is 3. The molecule has 0 atom stereocenters. The van der Waals surface area contributed by atoms with E-state index in [2.05, 4.69) is 231 Å². The second kappa shape index (κ2) is 14.1. The fraction of sp³-hybridized carbons (Fsp3) is 0.186. The Morgan fingerprint density at radius 2 is 1.05 bits per heavy atom. The maximum atomic E-state index is 6.96. The lowest BCUT2D eigenvalue weighted by Crippen LogP contribution is -2.73. The van der Waals surface area contributed by atoms with Crippen molar-refractivity contribution in [2.75, 3.05) is 4.90 Å². The summed E-state index contributed by atoms with van der Waals surface area (Å²) in [6.45, 7) is 20.6. The molecular weight excluding hydrogens is 778 g/mol. The van der Waals surface area contributed by atoms with E-state index < -0.39 is 8.07 Å². The van der Waals surface area contributed by atoms with Crippen molar-refractivity contribution >= 4 is 69.0 Å². The van der Waals surface area contributed by atoms with Crippen LogP contribution >= 0.6 is 0 Å². The Hall–Kier alpha value is -6.36. The first-order valence-electron chi connectivity index (χ1n) is 22.6. The van der Waals surface area contributed by atoms with E-state index in [9.17, 15) is 0 Å². The maximum absolute atomic E-state index is 6.96. The molecule has 8 aromatic rings. The average Bonchev–Trinajstić information content (AvgIpc) is 3.55. The number of ether oxygens (including phenoxy) is 1. The zero-order valence-corrected chi connectivity index (χ0v) is 39.0. The Morgan fingerprint density at radius 1 is 0.444 bits per heavy atom. The molecule has 2 nitrogen and oxygen atoms in total. The van der Waals surface area contributed by atoms with Gasteiger partial charge in [0.2, 0.25) is 0 Å². The number of hydrogen-bond donors (Lipinski definition) is 0. The number of nitrogens with zero attached hydrogens (tertiary/aromatic N) is 1. The van der Waals surface area contributed by atoms with Gasteiger partial charge in [-0.25, -0.2) is 0 Å². The highest BCUT2D eigenvalue weighted by Gasteiger charge is 2.52. The van der Waals surface area contributed by atoms with Crippen LogP contribution in [0.4, 0.5) is 17.1 Å². The molecule has 11 rings (SSSR count). The van der Waals surface area contributed by atoms with Crippen molar-refractivity contribution in [2.24, 2.45) is 0 Å². The third-order valence-electron chi connectivity index (χ3n) is 14.1. The summed E-state index contributed by atoms with van der Waals surface area (Å²) in [5.74, 6) is 1.88. The monoisotopic (exact) mass is 831 g/mol. The number of fused-ring (bicyclic) bond motifs is 7. The van der Waals surface area contributed by atoms with E-state index in [0.717, 1.165) is 11.5 Å². The largest absolute Gasteiger partial charge is 0.458 e. The SMILES string of the molecule is Cc1ccc([Si]2(c3ccc(C)cc3)c3cc(C(C)(C)C)ccc3-c3cc4c(cc32)B2c3ccccc3Oc3cc(C)cc(c32)N4c2ccc(C(C)(C)C)cc2-c2ccccc2)cc1. The van der Waals surface area contributed by atoms with Gasteiger partial charge < -0.3 is 9.64 Å². The van der Waals surface area contributed by atoms with Gasteiger partial charge in [0.25, 0.3) is 6.71 Å². The predicted octanol–water partition coefficient (Wildman–Crippen LogP) is 10.6. The van der Waals surface area contributed by atoms with Crippen molar-refractivity contribution in [3.63, 3.8) is 0 Å². The molecule has 0 aliphatic carbocycles. The quantitative estimate of drug-likeness (QED) is 0.164. The summed E-state index contributed by atoms with van der Waals surface area (Å²) < 4.78 is 6.96. The van der Waals surface area contributed by atoms with Gasteiger partial charge in [-0.05, 0) is 139 Å². The van der Waals surface area contributed by atoms with Crippen LogP contribution in [-0.2, 0) is 10.8 Å². The van der Waals surface area contributed by atoms with Crippen LogP contribution in [0.2, 0.25) is 0 Å². The van der Waals surface area contributed by atoms with Gasteiger partial charge in [0.05, 0.1) is 5.69 Å². The van der Waals surface area contributed by atoms with E-state index >= 15 is 0 Å². The molecule has 0 aromatic heterocycles. The van der Waals surface area contributed by atoms with E-state index in [1.807, 2.05) is 0 Å². The van der Waals surface area contributed by atoms with E-state index in [0.29, 0.717) is 0 Å². The van der Waals surface area contributed by atoms with Crippen molar-refractivity contribution in [1.82, 2.24) is 0 Å². The minimum absolute atomic E-state index is 0.0185. The first kappa shape index (κ1) is 39.5. The van der Waals surface area contributed by atoms with Gasteiger partial charge in [-0.1, -0.05) is 180 Å². The van der Waals surface area contributed by atoms with Crippen molar-refractivity contribution < 1.29 is 4.74 Å². The third-order valence-corrected chi connectivity index (χ3v) is 18.9. The molecule has 0 spiro atoms. The fourth-order valence-corrected chi connectivity index (χ4v) is 16.0. The molecule has 0 fully saturated rings. The van der Waals surface area contributed by atoms with Gasteiger partial charge in [-0.15, -0.1) is 0 Å². The van der Waals surface area contributed by atoms with E-state index in [1.54, 1.807) is 0 Å². The molecule has 0 unspecified atom stereocenters. The van der Waals surface area contributed by atoms with Gasteiger partial charge in [0, 0.05) is 16.9 Å². The number of para-hydroxylation sites is 1. The van der Waals surface area contributed by atoms with Gasteiger partial charge in [-0.2, -0.15) is 0 Å². The molecule has 0 saturated carbocycles. The molecular formula is C59H54BNOSi. The minimum Gasteiger partial charge on any atom is -0.458 e. The van der Waals surface area contributed by atoms with Gasteiger partial charge in [-0.3, -0.25) is 0 Å². The molecule has 3 heterocycles. The van der Waals surface area contributed by atoms with E-state index in [4.69, 9.17) is 4.74 Å². The zero-order chi connectivity index (χ0) is 43.6. The number of anilines is 3. The molecule has 3 aliphatic rings. The molecule has 0 radical (unpaired) electrons. The zero-order valence-electron chi connectivity index (χ0n) is 38.0. The number of hydrogen-bond acceptors (Lipinski definition) is 2. The molecule has 4 heteroatoms. The molecule has 308 valence electrons. The van der Waals surface area contributed by atoms with Gasteiger partial charge in [0.15, 0.2) is 8.07 Å². The van der Waals surface area contributed by atoms with Gasteiger partial charge >= 0.3 is 0 Å². The smallest absolute Gasteiger partial charge is 0.256 e. The molecule has 0 saturated heterocycles. The van der Waals surface area contributed by atoms with Crippen molar-refractivity contribution in [3.8, 4) is 33.8 Å². The Morgan fingerprint density at radius 3 is 1.71 bits per heavy atom. The topological polar surface area (TPSA) is 12.5 Å². The first-order valence-corrected chi connectivity index (χ1v) is 24.6. The normalized spacial score (nSPS) is 14.3. The Kier molecular flexibility index (Phi) is 8.82. The van der Waals surface area contributed by atoms with Crippen LogP contribution in [0.25, 0.3) is 22.3 Å². The molecule has 3 aliphatic heterocycles. The van der Waals surface area contributed by atoms with Crippen molar-refractivity contribution in [1.29, 1.82) is 0 Å². The van der Waals surface area contributed by atoms with Crippen LogP contribution < -0.4 is 46.8 Å². The fourth-order valence-electron chi connectivity index (χ4n) is 10.8. The number of benzene rings is 8. The second-order valence-corrected chi connectivity index (χ2v) is 24.1. The summed E-state index contributed by atoms with van der Waals surface area (Å²) in [4.78, 5) is 2.59. The van der Waals surface area contributed by atoms with Crippen LogP contribution in [0, 0.1) is 20.8 Å². The Labute approximate surface area is 375 Å². The van der Waals surface area contributed by atoms with Crippen molar-refractivity contribution in [2.45, 2.75) is 73.1 Å². The molecule has 0 amide bonds. The van der Waals surface area contributed by atoms with Crippen LogP contribution in [-0.4, -0.2) is 14.8 Å². The lowest BCUT2D eigenvalue weighted by Gasteiger charge is -2.42. The molecule has 0 N–H and O–H groups in total.